The lowest BCUT2D eigenvalue weighted by Gasteiger charge is -2.06. The van der Waals surface area contributed by atoms with Gasteiger partial charge in [0, 0.05) is 6.20 Å². The molecule has 0 bridgehead atoms. The predicted octanol–water partition coefficient (Wildman–Crippen LogP) is 2.88. The lowest BCUT2D eigenvalue weighted by Crippen LogP contribution is -2.17. The molecular formula is C8H8ClF5N2O. The Morgan fingerprint density at radius 2 is 2.06 bits per heavy atom. The van der Waals surface area contributed by atoms with Crippen molar-refractivity contribution < 1.29 is 26.7 Å². The molecule has 1 aromatic heterocycles. The molecule has 1 aromatic rings. The molecule has 98 valence electrons. The Hall–Kier alpha value is -0.890. The van der Waals surface area contributed by atoms with Crippen molar-refractivity contribution in [1.29, 1.82) is 0 Å². The fourth-order valence-electron chi connectivity index (χ4n) is 1.03. The van der Waals surface area contributed by atoms with Crippen LogP contribution >= 0.6 is 11.6 Å². The molecule has 0 aromatic carbocycles. The van der Waals surface area contributed by atoms with Gasteiger partial charge in [0.05, 0.1) is 11.6 Å². The molecule has 0 aliphatic rings. The van der Waals surface area contributed by atoms with Crippen molar-refractivity contribution in [2.75, 3.05) is 6.61 Å². The maximum atomic E-state index is 12.0. The van der Waals surface area contributed by atoms with Gasteiger partial charge in [-0.05, 0) is 0 Å². The van der Waals surface area contributed by atoms with Crippen LogP contribution in [0.3, 0.4) is 0 Å². The largest absolute Gasteiger partial charge is 0.411 e. The number of halogens is 6. The van der Waals surface area contributed by atoms with E-state index in [9.17, 15) is 22.0 Å². The SMILES string of the molecule is FC(F)Cn1cc(Cl)c(COCC(F)(F)F)n1. The van der Waals surface area contributed by atoms with Crippen molar-refractivity contribution in [3.8, 4) is 0 Å². The quantitative estimate of drug-likeness (QED) is 0.775. The van der Waals surface area contributed by atoms with Gasteiger partial charge in [-0.25, -0.2) is 8.78 Å². The molecule has 0 aliphatic carbocycles. The van der Waals surface area contributed by atoms with E-state index in [4.69, 9.17) is 11.6 Å². The molecule has 0 saturated heterocycles. The highest BCUT2D eigenvalue weighted by Gasteiger charge is 2.27. The summed E-state index contributed by atoms with van der Waals surface area (Å²) in [5.41, 5.74) is -0.00318. The number of ether oxygens (including phenoxy) is 1. The summed E-state index contributed by atoms with van der Waals surface area (Å²) in [6, 6.07) is 0. The van der Waals surface area contributed by atoms with E-state index in [2.05, 4.69) is 9.84 Å². The topological polar surface area (TPSA) is 27.1 Å². The van der Waals surface area contributed by atoms with Crippen LogP contribution in [0, 0.1) is 0 Å². The Labute approximate surface area is 98.1 Å². The predicted molar refractivity (Wildman–Crippen MR) is 49.0 cm³/mol. The van der Waals surface area contributed by atoms with Crippen molar-refractivity contribution in [3.05, 3.63) is 16.9 Å². The third-order valence-corrected chi connectivity index (χ3v) is 1.93. The number of nitrogens with zero attached hydrogens (tertiary/aromatic N) is 2. The first-order chi connectivity index (χ1) is 7.78. The average molecular weight is 279 g/mol. The van der Waals surface area contributed by atoms with Crippen LogP contribution in [0.5, 0.6) is 0 Å². The number of alkyl halides is 5. The third kappa shape index (κ3) is 5.31. The summed E-state index contributed by atoms with van der Waals surface area (Å²) < 4.78 is 64.4. The van der Waals surface area contributed by atoms with Gasteiger partial charge in [-0.1, -0.05) is 11.6 Å². The molecule has 1 rings (SSSR count). The van der Waals surface area contributed by atoms with Crippen molar-refractivity contribution in [1.82, 2.24) is 9.78 Å². The summed E-state index contributed by atoms with van der Waals surface area (Å²) >= 11 is 5.59. The van der Waals surface area contributed by atoms with E-state index in [0.717, 1.165) is 10.9 Å². The van der Waals surface area contributed by atoms with Crippen LogP contribution < -0.4 is 0 Å². The van der Waals surface area contributed by atoms with Crippen LogP contribution in [0.25, 0.3) is 0 Å². The zero-order chi connectivity index (χ0) is 13.1. The molecule has 0 unspecified atom stereocenters. The van der Waals surface area contributed by atoms with E-state index >= 15 is 0 Å². The van der Waals surface area contributed by atoms with E-state index in [1.165, 1.54) is 0 Å². The summed E-state index contributed by atoms with van der Waals surface area (Å²) in [5, 5.41) is 3.58. The Bertz CT molecular complexity index is 365. The van der Waals surface area contributed by atoms with Crippen LogP contribution in [0.1, 0.15) is 5.69 Å². The van der Waals surface area contributed by atoms with Gasteiger partial charge in [0.2, 0.25) is 0 Å². The second-order valence-electron chi connectivity index (χ2n) is 3.14. The highest BCUT2D eigenvalue weighted by molar-refractivity contribution is 6.31. The molecule has 1 heterocycles. The monoisotopic (exact) mass is 278 g/mol. The number of aromatic nitrogens is 2. The molecule has 0 radical (unpaired) electrons. The molecular weight excluding hydrogens is 271 g/mol. The van der Waals surface area contributed by atoms with Gasteiger partial charge in [-0.2, -0.15) is 18.3 Å². The molecule has 3 nitrogen and oxygen atoms in total. The summed E-state index contributed by atoms with van der Waals surface area (Å²) in [7, 11) is 0. The second-order valence-corrected chi connectivity index (χ2v) is 3.55. The van der Waals surface area contributed by atoms with Gasteiger partial charge in [-0.15, -0.1) is 0 Å². The van der Waals surface area contributed by atoms with Crippen LogP contribution in [0.4, 0.5) is 22.0 Å². The maximum Gasteiger partial charge on any atom is 0.411 e. The van der Waals surface area contributed by atoms with Crippen LogP contribution in [0.2, 0.25) is 5.02 Å². The van der Waals surface area contributed by atoms with E-state index in [-0.39, 0.29) is 10.7 Å². The molecule has 0 aliphatic heterocycles. The first kappa shape index (κ1) is 14.2. The van der Waals surface area contributed by atoms with Gasteiger partial charge < -0.3 is 4.74 Å². The molecule has 0 fully saturated rings. The average Bonchev–Trinajstić information content (AvgIpc) is 2.43. The van der Waals surface area contributed by atoms with Crippen molar-refractivity contribution in [2.24, 2.45) is 0 Å². The second kappa shape index (κ2) is 5.63. The van der Waals surface area contributed by atoms with E-state index in [0.29, 0.717) is 0 Å². The van der Waals surface area contributed by atoms with Gasteiger partial charge in [0.1, 0.15) is 18.8 Å². The van der Waals surface area contributed by atoms with Gasteiger partial charge in [0.25, 0.3) is 6.43 Å². The summed E-state index contributed by atoms with van der Waals surface area (Å²) in [4.78, 5) is 0. The lowest BCUT2D eigenvalue weighted by molar-refractivity contribution is -0.176. The normalized spacial score (nSPS) is 12.4. The Morgan fingerprint density at radius 3 is 2.59 bits per heavy atom. The summed E-state index contributed by atoms with van der Waals surface area (Å²) in [6.07, 6.45) is -5.95. The third-order valence-electron chi connectivity index (χ3n) is 1.62. The minimum absolute atomic E-state index is 0.00318. The van der Waals surface area contributed by atoms with Crippen LogP contribution in [-0.4, -0.2) is 29.0 Å². The molecule has 9 heteroatoms. The Morgan fingerprint density at radius 1 is 1.41 bits per heavy atom. The highest BCUT2D eigenvalue weighted by atomic mass is 35.5. The first-order valence-corrected chi connectivity index (χ1v) is 4.80. The fourth-order valence-corrected chi connectivity index (χ4v) is 1.24. The van der Waals surface area contributed by atoms with E-state index < -0.39 is 32.4 Å². The van der Waals surface area contributed by atoms with Gasteiger partial charge in [-0.3, -0.25) is 4.68 Å². The summed E-state index contributed by atoms with van der Waals surface area (Å²) in [5.74, 6) is 0. The van der Waals surface area contributed by atoms with Gasteiger partial charge >= 0.3 is 6.18 Å². The smallest absolute Gasteiger partial charge is 0.366 e. The Balaban J connectivity index is 2.51. The zero-order valence-electron chi connectivity index (χ0n) is 8.35. The summed E-state index contributed by atoms with van der Waals surface area (Å²) in [6.45, 7) is -2.58. The lowest BCUT2D eigenvalue weighted by atomic mass is 10.4. The minimum atomic E-state index is -4.45. The maximum absolute atomic E-state index is 12.0. The van der Waals surface area contributed by atoms with Crippen molar-refractivity contribution >= 4 is 11.6 Å². The molecule has 0 amide bonds. The van der Waals surface area contributed by atoms with Crippen LogP contribution in [0.15, 0.2) is 6.20 Å². The van der Waals surface area contributed by atoms with Crippen molar-refractivity contribution in [2.45, 2.75) is 25.8 Å². The number of hydrogen-bond donors (Lipinski definition) is 0. The van der Waals surface area contributed by atoms with Gasteiger partial charge in [0.15, 0.2) is 0 Å². The minimum Gasteiger partial charge on any atom is -0.366 e. The fraction of sp³-hybridized carbons (Fsp3) is 0.625. The van der Waals surface area contributed by atoms with Crippen LogP contribution in [-0.2, 0) is 17.9 Å². The van der Waals surface area contributed by atoms with E-state index in [1.54, 1.807) is 0 Å². The van der Waals surface area contributed by atoms with Crippen molar-refractivity contribution in [3.63, 3.8) is 0 Å². The first-order valence-electron chi connectivity index (χ1n) is 4.42. The highest BCUT2D eigenvalue weighted by Crippen LogP contribution is 2.18. The molecule has 0 spiro atoms. The zero-order valence-corrected chi connectivity index (χ0v) is 9.10. The molecule has 0 atom stereocenters. The standard InChI is InChI=1S/C8H8ClF5N2O/c9-5-1-16(2-7(10)11)15-6(5)3-17-4-8(12,13)14/h1,7H,2-4H2. The molecule has 17 heavy (non-hydrogen) atoms. The van der Waals surface area contributed by atoms with E-state index in [1.807, 2.05) is 0 Å². The Kier molecular flexibility index (Phi) is 4.70. The number of hydrogen-bond acceptors (Lipinski definition) is 2. The number of rotatable bonds is 5. The molecule has 0 N–H and O–H groups in total. The molecule has 0 saturated carbocycles.